The topological polar surface area (TPSA) is 94.1 Å². The SMILES string of the molecule is Cl.Cn1nncc1S(=O)(=O)N1CC2CCCC(N)C2C1. The molecule has 20 heavy (non-hydrogen) atoms. The van der Waals surface area contributed by atoms with E-state index in [9.17, 15) is 8.42 Å². The van der Waals surface area contributed by atoms with Crippen molar-refractivity contribution in [2.45, 2.75) is 30.3 Å². The summed E-state index contributed by atoms with van der Waals surface area (Å²) in [5, 5.41) is 7.50. The van der Waals surface area contributed by atoms with Crippen LogP contribution in [0.2, 0.25) is 0 Å². The maximum Gasteiger partial charge on any atom is 0.261 e. The van der Waals surface area contributed by atoms with E-state index >= 15 is 0 Å². The molecule has 1 aliphatic carbocycles. The van der Waals surface area contributed by atoms with E-state index in [1.807, 2.05) is 0 Å². The fraction of sp³-hybridized carbons (Fsp3) is 0.818. The van der Waals surface area contributed by atoms with E-state index < -0.39 is 10.0 Å². The second-order valence-corrected chi connectivity index (χ2v) is 7.42. The quantitative estimate of drug-likeness (QED) is 0.826. The first kappa shape index (κ1) is 15.7. The summed E-state index contributed by atoms with van der Waals surface area (Å²) in [6, 6.07) is 0.128. The minimum Gasteiger partial charge on any atom is -0.327 e. The molecule has 0 bridgehead atoms. The number of aryl methyl sites for hydroxylation is 1. The molecule has 3 atom stereocenters. The first-order chi connectivity index (χ1) is 9.00. The van der Waals surface area contributed by atoms with Crippen LogP contribution in [0, 0.1) is 11.8 Å². The molecule has 2 N–H and O–H groups in total. The van der Waals surface area contributed by atoms with Crippen LogP contribution in [-0.4, -0.2) is 46.8 Å². The lowest BCUT2D eigenvalue weighted by molar-refractivity contribution is 0.260. The van der Waals surface area contributed by atoms with Crippen molar-refractivity contribution in [3.63, 3.8) is 0 Å². The largest absolute Gasteiger partial charge is 0.327 e. The molecule has 114 valence electrons. The Labute approximate surface area is 125 Å². The Balaban J connectivity index is 0.00000147. The smallest absolute Gasteiger partial charge is 0.261 e. The monoisotopic (exact) mass is 321 g/mol. The predicted octanol–water partition coefficient (Wildman–Crippen LogP) is -0.0152. The van der Waals surface area contributed by atoms with Crippen LogP contribution >= 0.6 is 12.4 Å². The molecule has 1 saturated carbocycles. The van der Waals surface area contributed by atoms with Gasteiger partial charge in [-0.15, -0.1) is 17.5 Å². The summed E-state index contributed by atoms with van der Waals surface area (Å²) in [7, 11) is -1.90. The van der Waals surface area contributed by atoms with E-state index in [1.165, 1.54) is 10.9 Å². The molecule has 1 aromatic rings. The molecule has 3 unspecified atom stereocenters. The van der Waals surface area contributed by atoms with E-state index in [1.54, 1.807) is 11.4 Å². The summed E-state index contributed by atoms with van der Waals surface area (Å²) in [6.07, 6.45) is 4.48. The highest BCUT2D eigenvalue weighted by atomic mass is 35.5. The highest BCUT2D eigenvalue weighted by molar-refractivity contribution is 7.89. The fourth-order valence-corrected chi connectivity index (χ4v) is 4.89. The van der Waals surface area contributed by atoms with Crippen molar-refractivity contribution in [1.82, 2.24) is 19.3 Å². The zero-order valence-electron chi connectivity index (χ0n) is 11.3. The second kappa shape index (κ2) is 5.59. The van der Waals surface area contributed by atoms with Gasteiger partial charge in [0.2, 0.25) is 0 Å². The van der Waals surface area contributed by atoms with Crippen molar-refractivity contribution in [3.8, 4) is 0 Å². The third-order valence-electron chi connectivity index (χ3n) is 4.40. The van der Waals surface area contributed by atoms with Gasteiger partial charge in [-0.2, -0.15) is 4.31 Å². The molecular weight excluding hydrogens is 302 g/mol. The number of hydrogen-bond donors (Lipinski definition) is 1. The van der Waals surface area contributed by atoms with Crippen LogP contribution < -0.4 is 5.73 Å². The number of aromatic nitrogens is 3. The van der Waals surface area contributed by atoms with Crippen molar-refractivity contribution < 1.29 is 8.42 Å². The summed E-state index contributed by atoms with van der Waals surface area (Å²) in [5.74, 6) is 0.699. The third kappa shape index (κ3) is 2.45. The molecule has 1 aromatic heterocycles. The second-order valence-electron chi connectivity index (χ2n) is 5.54. The summed E-state index contributed by atoms with van der Waals surface area (Å²) in [6.45, 7) is 1.10. The van der Waals surface area contributed by atoms with Gasteiger partial charge in [0.25, 0.3) is 10.0 Å². The average Bonchev–Trinajstić information content (AvgIpc) is 2.96. The van der Waals surface area contributed by atoms with Crippen LogP contribution in [0.15, 0.2) is 11.2 Å². The van der Waals surface area contributed by atoms with Gasteiger partial charge in [-0.3, -0.25) is 0 Å². The van der Waals surface area contributed by atoms with Gasteiger partial charge in [-0.1, -0.05) is 11.6 Å². The number of halogens is 1. The standard InChI is InChI=1S/C11H19N5O2S.ClH/c1-15-11(5-13-14-15)19(17,18)16-6-8-3-2-4-10(12)9(8)7-16;/h5,8-10H,2-4,6-7,12H2,1H3;1H. The number of nitrogens with zero attached hydrogens (tertiary/aromatic N) is 4. The molecule has 0 amide bonds. The van der Waals surface area contributed by atoms with Gasteiger partial charge in [0, 0.05) is 26.2 Å². The van der Waals surface area contributed by atoms with Crippen molar-refractivity contribution >= 4 is 22.4 Å². The zero-order valence-corrected chi connectivity index (χ0v) is 13.0. The van der Waals surface area contributed by atoms with Gasteiger partial charge in [0.15, 0.2) is 5.03 Å². The molecule has 0 spiro atoms. The van der Waals surface area contributed by atoms with Gasteiger partial charge >= 0.3 is 0 Å². The molecule has 2 heterocycles. The molecule has 2 fully saturated rings. The minimum atomic E-state index is -3.49. The summed E-state index contributed by atoms with van der Waals surface area (Å²) in [5.41, 5.74) is 6.12. The molecule has 7 nitrogen and oxygen atoms in total. The zero-order chi connectivity index (χ0) is 13.6. The Morgan fingerprint density at radius 3 is 2.70 bits per heavy atom. The lowest BCUT2D eigenvalue weighted by atomic mass is 9.78. The summed E-state index contributed by atoms with van der Waals surface area (Å²) >= 11 is 0. The normalized spacial score (nSPS) is 30.8. The number of nitrogens with two attached hydrogens (primary N) is 1. The van der Waals surface area contributed by atoms with Crippen LogP contribution in [0.5, 0.6) is 0 Å². The molecule has 2 aliphatic rings. The van der Waals surface area contributed by atoms with Crippen molar-refractivity contribution in [1.29, 1.82) is 0 Å². The average molecular weight is 322 g/mol. The molecule has 3 rings (SSSR count). The van der Waals surface area contributed by atoms with E-state index in [0.717, 1.165) is 19.3 Å². The number of rotatable bonds is 2. The predicted molar refractivity (Wildman–Crippen MR) is 75.8 cm³/mol. The van der Waals surface area contributed by atoms with Crippen LogP contribution in [0.4, 0.5) is 0 Å². The minimum absolute atomic E-state index is 0. The van der Waals surface area contributed by atoms with Crippen molar-refractivity contribution in [2.75, 3.05) is 13.1 Å². The molecule has 0 radical (unpaired) electrons. The van der Waals surface area contributed by atoms with Crippen molar-refractivity contribution in [2.24, 2.45) is 24.6 Å². The highest BCUT2D eigenvalue weighted by Crippen LogP contribution is 2.37. The van der Waals surface area contributed by atoms with Gasteiger partial charge in [-0.25, -0.2) is 13.1 Å². The van der Waals surface area contributed by atoms with Crippen LogP contribution in [-0.2, 0) is 17.1 Å². The Hall–Kier alpha value is -0.700. The lowest BCUT2D eigenvalue weighted by Crippen LogP contribution is -2.38. The molecule has 1 saturated heterocycles. The fourth-order valence-electron chi connectivity index (χ4n) is 3.32. The van der Waals surface area contributed by atoms with Crippen LogP contribution in [0.25, 0.3) is 0 Å². The maximum atomic E-state index is 12.6. The Morgan fingerprint density at radius 2 is 2.10 bits per heavy atom. The van der Waals surface area contributed by atoms with Gasteiger partial charge in [0.05, 0.1) is 6.20 Å². The number of fused-ring (bicyclic) bond motifs is 1. The molecule has 0 aromatic carbocycles. The first-order valence-corrected chi connectivity index (χ1v) is 8.04. The Bertz CT molecular complexity index is 575. The number of hydrogen-bond acceptors (Lipinski definition) is 5. The maximum absolute atomic E-state index is 12.6. The number of sulfonamides is 1. The van der Waals surface area contributed by atoms with E-state index in [0.29, 0.717) is 24.9 Å². The van der Waals surface area contributed by atoms with Gasteiger partial charge in [0.1, 0.15) is 0 Å². The van der Waals surface area contributed by atoms with E-state index in [4.69, 9.17) is 5.73 Å². The Morgan fingerprint density at radius 1 is 1.35 bits per heavy atom. The third-order valence-corrected chi connectivity index (χ3v) is 6.27. The summed E-state index contributed by atoms with van der Waals surface area (Å²) < 4.78 is 28.0. The highest BCUT2D eigenvalue weighted by Gasteiger charge is 2.44. The van der Waals surface area contributed by atoms with E-state index in [2.05, 4.69) is 10.3 Å². The van der Waals surface area contributed by atoms with Crippen molar-refractivity contribution in [3.05, 3.63) is 6.20 Å². The molecular formula is C11H20ClN5O2S. The van der Waals surface area contributed by atoms with E-state index in [-0.39, 0.29) is 23.5 Å². The molecule has 9 heteroatoms. The summed E-state index contributed by atoms with van der Waals surface area (Å²) in [4.78, 5) is 0. The lowest BCUT2D eigenvalue weighted by Gasteiger charge is -2.29. The van der Waals surface area contributed by atoms with Gasteiger partial charge < -0.3 is 5.73 Å². The van der Waals surface area contributed by atoms with Crippen LogP contribution in [0.3, 0.4) is 0 Å². The van der Waals surface area contributed by atoms with Gasteiger partial charge in [-0.05, 0) is 24.7 Å². The molecule has 1 aliphatic heterocycles. The van der Waals surface area contributed by atoms with Crippen LogP contribution in [0.1, 0.15) is 19.3 Å². The Kier molecular flexibility index (Phi) is 4.38. The first-order valence-electron chi connectivity index (χ1n) is 6.60.